The van der Waals surface area contributed by atoms with Gasteiger partial charge in [-0.05, 0) is 12.8 Å². The van der Waals surface area contributed by atoms with Crippen molar-refractivity contribution in [2.75, 3.05) is 38.7 Å². The van der Waals surface area contributed by atoms with Crippen LogP contribution in [0.15, 0.2) is 0 Å². The van der Waals surface area contributed by atoms with Gasteiger partial charge >= 0.3 is 0 Å². The molecule has 0 spiro atoms. The summed E-state index contributed by atoms with van der Waals surface area (Å²) in [5.41, 5.74) is 0. The second-order valence-corrected chi connectivity index (χ2v) is 7.18. The smallest absolute Gasteiger partial charge is 0.221 e. The zero-order valence-electron chi connectivity index (χ0n) is 12.0. The van der Waals surface area contributed by atoms with Crippen LogP contribution in [0.25, 0.3) is 0 Å². The maximum atomic E-state index is 12.0. The van der Waals surface area contributed by atoms with Gasteiger partial charge in [0.1, 0.15) is 0 Å². The lowest BCUT2D eigenvalue weighted by Crippen LogP contribution is -2.43. The van der Waals surface area contributed by atoms with Gasteiger partial charge in [-0.1, -0.05) is 6.92 Å². The Kier molecular flexibility index (Phi) is 6.87. The normalized spacial score (nSPS) is 20.4. The van der Waals surface area contributed by atoms with E-state index >= 15 is 0 Å². The third kappa shape index (κ3) is 5.35. The summed E-state index contributed by atoms with van der Waals surface area (Å²) in [6.07, 6.45) is -0.0673. The molecule has 8 heteroatoms. The predicted molar refractivity (Wildman–Crippen MR) is 74.7 cm³/mol. The van der Waals surface area contributed by atoms with Gasteiger partial charge in [0.25, 0.3) is 0 Å². The zero-order valence-corrected chi connectivity index (χ0v) is 12.9. The predicted octanol–water partition coefficient (Wildman–Crippen LogP) is -0.828. The van der Waals surface area contributed by atoms with Gasteiger partial charge in [-0.15, -0.1) is 0 Å². The fourth-order valence-electron chi connectivity index (χ4n) is 1.80. The average Bonchev–Trinajstić information content (AvgIpc) is 2.45. The van der Waals surface area contributed by atoms with Crippen molar-refractivity contribution in [2.24, 2.45) is 5.92 Å². The van der Waals surface area contributed by atoms with E-state index in [1.54, 1.807) is 6.92 Å². The Bertz CT molecular complexity index is 406. The number of hydrogen-bond acceptors (Lipinski definition) is 5. The van der Waals surface area contributed by atoms with Crippen molar-refractivity contribution < 1.29 is 23.1 Å². The van der Waals surface area contributed by atoms with Crippen LogP contribution in [-0.2, 0) is 19.6 Å². The van der Waals surface area contributed by atoms with Crippen molar-refractivity contribution in [1.82, 2.24) is 9.62 Å². The number of sulfonamides is 1. The van der Waals surface area contributed by atoms with Gasteiger partial charge in [-0.2, -0.15) is 4.31 Å². The summed E-state index contributed by atoms with van der Waals surface area (Å²) in [4.78, 5) is 11.7. The highest BCUT2D eigenvalue weighted by atomic mass is 32.2. The number of amides is 1. The lowest BCUT2D eigenvalue weighted by molar-refractivity contribution is -0.121. The van der Waals surface area contributed by atoms with Crippen LogP contribution in [0.3, 0.4) is 0 Å². The molecule has 2 N–H and O–H groups in total. The number of aliphatic hydroxyl groups is 1. The first-order chi connectivity index (χ1) is 9.36. The third-order valence-corrected chi connectivity index (χ3v) is 5.35. The minimum Gasteiger partial charge on any atom is -0.396 e. The molecule has 0 saturated carbocycles. The highest BCUT2D eigenvalue weighted by Gasteiger charge is 2.25. The quantitative estimate of drug-likeness (QED) is 0.640. The van der Waals surface area contributed by atoms with E-state index in [2.05, 4.69) is 5.32 Å². The first-order valence-corrected chi connectivity index (χ1v) is 8.43. The molecule has 0 radical (unpaired) electrons. The van der Waals surface area contributed by atoms with Gasteiger partial charge in [0.2, 0.25) is 15.9 Å². The molecule has 7 nitrogen and oxygen atoms in total. The minimum atomic E-state index is -3.40. The van der Waals surface area contributed by atoms with E-state index in [-0.39, 0.29) is 36.6 Å². The first-order valence-electron chi connectivity index (χ1n) is 6.82. The molecule has 1 heterocycles. The molecule has 2 unspecified atom stereocenters. The Hall–Kier alpha value is -0.700. The van der Waals surface area contributed by atoms with Gasteiger partial charge in [-0.25, -0.2) is 8.42 Å². The molecule has 0 aromatic carbocycles. The molecular weight excluding hydrogens is 284 g/mol. The topological polar surface area (TPSA) is 95.9 Å². The SMILES string of the molecule is CC(CO)C(C)NC(=O)CCS(=O)(=O)N1CCOCC1. The van der Waals surface area contributed by atoms with Gasteiger partial charge in [0.15, 0.2) is 0 Å². The van der Waals surface area contributed by atoms with E-state index in [0.717, 1.165) is 0 Å². The van der Waals surface area contributed by atoms with Crippen LogP contribution in [0, 0.1) is 5.92 Å². The molecule has 1 fully saturated rings. The van der Waals surface area contributed by atoms with E-state index in [4.69, 9.17) is 9.84 Å². The number of nitrogens with one attached hydrogen (secondary N) is 1. The van der Waals surface area contributed by atoms with Crippen LogP contribution < -0.4 is 5.32 Å². The average molecular weight is 308 g/mol. The lowest BCUT2D eigenvalue weighted by Gasteiger charge is -2.26. The van der Waals surface area contributed by atoms with Gasteiger partial charge < -0.3 is 15.2 Å². The van der Waals surface area contributed by atoms with Crippen LogP contribution in [0.5, 0.6) is 0 Å². The maximum absolute atomic E-state index is 12.0. The number of aliphatic hydroxyl groups excluding tert-OH is 1. The Morgan fingerprint density at radius 1 is 1.35 bits per heavy atom. The summed E-state index contributed by atoms with van der Waals surface area (Å²) in [6.45, 7) is 5.08. The summed E-state index contributed by atoms with van der Waals surface area (Å²) >= 11 is 0. The standard InChI is InChI=1S/C12H24N2O5S/c1-10(9-15)11(2)13-12(16)3-8-20(17,18)14-4-6-19-7-5-14/h10-11,15H,3-9H2,1-2H3,(H,13,16). The number of carbonyl (C=O) groups is 1. The monoisotopic (exact) mass is 308 g/mol. The van der Waals surface area contributed by atoms with Gasteiger partial charge in [0, 0.05) is 32.2 Å². The van der Waals surface area contributed by atoms with Crippen molar-refractivity contribution in [1.29, 1.82) is 0 Å². The summed E-state index contributed by atoms with van der Waals surface area (Å²) in [5, 5.41) is 11.7. The van der Waals surface area contributed by atoms with E-state index in [9.17, 15) is 13.2 Å². The molecule has 2 atom stereocenters. The summed E-state index contributed by atoms with van der Waals surface area (Å²) < 4.78 is 30.5. The Morgan fingerprint density at radius 2 is 1.95 bits per heavy atom. The van der Waals surface area contributed by atoms with Crippen molar-refractivity contribution in [3.63, 3.8) is 0 Å². The fourth-order valence-corrected chi connectivity index (χ4v) is 3.21. The summed E-state index contributed by atoms with van der Waals surface area (Å²) in [7, 11) is -3.40. The molecule has 118 valence electrons. The second kappa shape index (κ2) is 7.92. The van der Waals surface area contributed by atoms with Crippen LogP contribution >= 0.6 is 0 Å². The number of ether oxygens (including phenoxy) is 1. The van der Waals surface area contributed by atoms with Crippen LogP contribution in [0.1, 0.15) is 20.3 Å². The van der Waals surface area contributed by atoms with Crippen LogP contribution in [0.2, 0.25) is 0 Å². The number of carbonyl (C=O) groups excluding carboxylic acids is 1. The van der Waals surface area contributed by atoms with Gasteiger partial charge in [0.05, 0.1) is 19.0 Å². The highest BCUT2D eigenvalue weighted by molar-refractivity contribution is 7.89. The molecule has 0 aromatic heterocycles. The van der Waals surface area contributed by atoms with E-state index in [1.807, 2.05) is 6.92 Å². The maximum Gasteiger partial charge on any atom is 0.221 e. The van der Waals surface area contributed by atoms with Crippen LogP contribution in [0.4, 0.5) is 0 Å². The molecule has 1 amide bonds. The van der Waals surface area contributed by atoms with Crippen LogP contribution in [-0.4, -0.2) is 68.4 Å². The Labute approximate surface area is 120 Å². The number of rotatable bonds is 7. The summed E-state index contributed by atoms with van der Waals surface area (Å²) in [5.74, 6) is -0.566. The molecule has 1 aliphatic heterocycles. The molecular formula is C12H24N2O5S. The number of morpholine rings is 1. The highest BCUT2D eigenvalue weighted by Crippen LogP contribution is 2.07. The molecule has 1 aliphatic rings. The molecule has 1 rings (SSSR count). The second-order valence-electron chi connectivity index (χ2n) is 5.09. The van der Waals surface area contributed by atoms with E-state index in [0.29, 0.717) is 26.3 Å². The molecule has 20 heavy (non-hydrogen) atoms. The van der Waals surface area contributed by atoms with E-state index in [1.165, 1.54) is 4.31 Å². The molecule has 0 bridgehead atoms. The molecule has 0 aromatic rings. The van der Waals surface area contributed by atoms with Crippen molar-refractivity contribution in [2.45, 2.75) is 26.3 Å². The van der Waals surface area contributed by atoms with Crippen molar-refractivity contribution in [3.05, 3.63) is 0 Å². The number of nitrogens with zero attached hydrogens (tertiary/aromatic N) is 1. The Morgan fingerprint density at radius 3 is 2.50 bits per heavy atom. The fraction of sp³-hybridized carbons (Fsp3) is 0.917. The zero-order chi connectivity index (χ0) is 15.2. The van der Waals surface area contributed by atoms with Crippen molar-refractivity contribution >= 4 is 15.9 Å². The van der Waals surface area contributed by atoms with E-state index < -0.39 is 10.0 Å². The van der Waals surface area contributed by atoms with Crippen molar-refractivity contribution in [3.8, 4) is 0 Å². The summed E-state index contributed by atoms with van der Waals surface area (Å²) in [6, 6.07) is -0.182. The minimum absolute atomic E-state index is 0.0203. The molecule has 0 aliphatic carbocycles. The largest absolute Gasteiger partial charge is 0.396 e. The van der Waals surface area contributed by atoms with Gasteiger partial charge in [-0.3, -0.25) is 4.79 Å². The number of hydrogen-bond donors (Lipinski definition) is 2. The lowest BCUT2D eigenvalue weighted by atomic mass is 10.1. The first kappa shape index (κ1) is 17.4. The molecule has 1 saturated heterocycles. The third-order valence-electron chi connectivity index (χ3n) is 3.48. The Balaban J connectivity index is 2.39.